The van der Waals surface area contributed by atoms with Crippen LogP contribution in [-0.2, 0) is 16.6 Å². The molecule has 130 valence electrons. The molecule has 0 amide bonds. The summed E-state index contributed by atoms with van der Waals surface area (Å²) in [6, 6.07) is 14.1. The molecule has 0 fully saturated rings. The Kier molecular flexibility index (Phi) is 4.01. The van der Waals surface area contributed by atoms with Gasteiger partial charge in [0.2, 0.25) is 0 Å². The number of nitrogens with zero attached hydrogens (tertiary/aromatic N) is 2. The lowest BCUT2D eigenvalue weighted by Crippen LogP contribution is -2.25. The van der Waals surface area contributed by atoms with Crippen LogP contribution in [-0.4, -0.2) is 37.0 Å². The van der Waals surface area contributed by atoms with E-state index in [1.54, 1.807) is 30.5 Å². The summed E-state index contributed by atoms with van der Waals surface area (Å²) in [5, 5.41) is 0.928. The number of fused-ring (bicyclic) bond motifs is 3. The molecule has 0 aliphatic carbocycles. The largest absolute Gasteiger partial charge is 0.492 e. The fourth-order valence-corrected chi connectivity index (χ4v) is 4.67. The summed E-state index contributed by atoms with van der Waals surface area (Å²) in [7, 11) is -3.61. The second-order valence-electron chi connectivity index (χ2n) is 6.12. The monoisotopic (exact) mass is 356 g/mol. The Morgan fingerprint density at radius 1 is 1.08 bits per heavy atom. The summed E-state index contributed by atoms with van der Waals surface area (Å²) in [4.78, 5) is 2.59. The van der Waals surface area contributed by atoms with Crippen LogP contribution in [0.15, 0.2) is 59.6 Å². The molecular weight excluding hydrogens is 336 g/mol. The summed E-state index contributed by atoms with van der Waals surface area (Å²) in [5.74, 6) is 0.846. The topological polar surface area (TPSA) is 51.5 Å². The lowest BCUT2D eigenvalue weighted by atomic mass is 10.1. The van der Waals surface area contributed by atoms with Crippen LogP contribution in [0.5, 0.6) is 5.75 Å². The highest BCUT2D eigenvalue weighted by Gasteiger charge is 2.22. The van der Waals surface area contributed by atoms with Crippen LogP contribution >= 0.6 is 0 Å². The molecule has 3 aromatic rings. The van der Waals surface area contributed by atoms with Crippen molar-refractivity contribution in [3.63, 3.8) is 0 Å². The molecule has 0 unspecified atom stereocenters. The van der Waals surface area contributed by atoms with Crippen molar-refractivity contribution in [2.45, 2.75) is 18.4 Å². The molecule has 4 rings (SSSR count). The zero-order valence-corrected chi connectivity index (χ0v) is 14.9. The quantitative estimate of drug-likeness (QED) is 0.724. The highest BCUT2D eigenvalue weighted by Crippen LogP contribution is 2.33. The van der Waals surface area contributed by atoms with Crippen molar-refractivity contribution in [1.82, 2.24) is 8.87 Å². The summed E-state index contributed by atoms with van der Waals surface area (Å²) < 4.78 is 33.2. The van der Waals surface area contributed by atoms with Gasteiger partial charge in [-0.15, -0.1) is 0 Å². The standard InChI is InChI=1S/C19H20N2O3S/c1-2-20-12-13-24-19-9-8-18-16(17(19)14-20)10-11-21(18)25(22,23)15-6-4-3-5-7-15/h3-11H,2,12-14H2,1H3. The molecule has 2 heterocycles. The van der Waals surface area contributed by atoms with Crippen molar-refractivity contribution >= 4 is 20.9 Å². The average molecular weight is 356 g/mol. The fraction of sp³-hybridized carbons (Fsp3) is 0.263. The molecule has 6 heteroatoms. The van der Waals surface area contributed by atoms with Gasteiger partial charge in [0.25, 0.3) is 10.0 Å². The highest BCUT2D eigenvalue weighted by molar-refractivity contribution is 7.90. The van der Waals surface area contributed by atoms with Gasteiger partial charge in [0.05, 0.1) is 10.4 Å². The molecule has 5 nitrogen and oxygen atoms in total. The Labute approximate surface area is 147 Å². The van der Waals surface area contributed by atoms with Gasteiger partial charge in [-0.25, -0.2) is 12.4 Å². The molecule has 0 spiro atoms. The van der Waals surface area contributed by atoms with Crippen molar-refractivity contribution in [2.75, 3.05) is 19.7 Å². The van der Waals surface area contributed by atoms with Gasteiger partial charge in [-0.3, -0.25) is 4.90 Å². The molecule has 0 bridgehead atoms. The van der Waals surface area contributed by atoms with E-state index in [1.807, 2.05) is 24.3 Å². The first-order valence-corrected chi connectivity index (χ1v) is 9.84. The molecule has 0 saturated heterocycles. The number of likely N-dealkylation sites (N-methyl/N-ethyl adjacent to an activating group) is 1. The Hall–Kier alpha value is -2.31. The van der Waals surface area contributed by atoms with Crippen LogP contribution < -0.4 is 4.74 Å². The smallest absolute Gasteiger partial charge is 0.268 e. The Morgan fingerprint density at radius 2 is 1.88 bits per heavy atom. The predicted octanol–water partition coefficient (Wildman–Crippen LogP) is 3.09. The van der Waals surface area contributed by atoms with E-state index in [0.717, 1.165) is 36.3 Å². The molecule has 0 radical (unpaired) electrons. The Morgan fingerprint density at radius 3 is 2.64 bits per heavy atom. The lowest BCUT2D eigenvalue weighted by molar-refractivity contribution is 0.234. The number of aromatic nitrogens is 1. The van der Waals surface area contributed by atoms with Crippen molar-refractivity contribution in [1.29, 1.82) is 0 Å². The number of benzene rings is 2. The van der Waals surface area contributed by atoms with Gasteiger partial charge in [0, 0.05) is 30.2 Å². The number of rotatable bonds is 3. The molecule has 25 heavy (non-hydrogen) atoms. The predicted molar refractivity (Wildman–Crippen MR) is 97.4 cm³/mol. The molecular formula is C19H20N2O3S. The van der Waals surface area contributed by atoms with Crippen LogP contribution in [0.25, 0.3) is 10.9 Å². The number of hydrogen-bond donors (Lipinski definition) is 0. The van der Waals surface area contributed by atoms with Gasteiger partial charge < -0.3 is 4.74 Å². The first-order valence-electron chi connectivity index (χ1n) is 8.40. The maximum Gasteiger partial charge on any atom is 0.268 e. The van der Waals surface area contributed by atoms with Gasteiger partial charge in [-0.1, -0.05) is 25.1 Å². The van der Waals surface area contributed by atoms with E-state index in [2.05, 4.69) is 11.8 Å². The van der Waals surface area contributed by atoms with E-state index in [0.29, 0.717) is 12.1 Å². The van der Waals surface area contributed by atoms with E-state index >= 15 is 0 Å². The zero-order valence-electron chi connectivity index (χ0n) is 14.1. The third-order valence-electron chi connectivity index (χ3n) is 4.70. The summed E-state index contributed by atoms with van der Waals surface area (Å²) in [6.45, 7) is 5.34. The average Bonchev–Trinajstić information content (AvgIpc) is 2.96. The molecule has 1 aromatic heterocycles. The van der Waals surface area contributed by atoms with Gasteiger partial charge in [-0.2, -0.15) is 0 Å². The highest BCUT2D eigenvalue weighted by atomic mass is 32.2. The minimum absolute atomic E-state index is 0.286. The summed E-state index contributed by atoms with van der Waals surface area (Å²) >= 11 is 0. The lowest BCUT2D eigenvalue weighted by Gasteiger charge is -2.16. The maximum absolute atomic E-state index is 13.0. The van der Waals surface area contributed by atoms with Gasteiger partial charge in [0.15, 0.2) is 0 Å². The molecule has 1 aliphatic heterocycles. The van der Waals surface area contributed by atoms with Crippen LogP contribution in [0, 0.1) is 0 Å². The molecule has 2 aromatic carbocycles. The van der Waals surface area contributed by atoms with Crippen LogP contribution in [0.1, 0.15) is 12.5 Å². The van der Waals surface area contributed by atoms with E-state index in [1.165, 1.54) is 3.97 Å². The molecule has 0 saturated carbocycles. The maximum atomic E-state index is 13.0. The second-order valence-corrected chi connectivity index (χ2v) is 7.94. The third kappa shape index (κ3) is 2.71. The first-order chi connectivity index (χ1) is 12.1. The summed E-state index contributed by atoms with van der Waals surface area (Å²) in [6.07, 6.45) is 1.63. The molecule has 0 atom stereocenters. The van der Waals surface area contributed by atoms with E-state index in [4.69, 9.17) is 4.74 Å². The van der Waals surface area contributed by atoms with Crippen molar-refractivity contribution < 1.29 is 13.2 Å². The zero-order chi connectivity index (χ0) is 17.4. The fourth-order valence-electron chi connectivity index (χ4n) is 3.30. The Bertz CT molecular complexity index is 1010. The third-order valence-corrected chi connectivity index (χ3v) is 6.40. The summed E-state index contributed by atoms with van der Waals surface area (Å²) in [5.41, 5.74) is 1.74. The SMILES string of the molecule is CCN1CCOc2ccc3c(ccn3S(=O)(=O)c3ccccc3)c2C1. The van der Waals surface area contributed by atoms with Gasteiger partial charge >= 0.3 is 0 Å². The van der Waals surface area contributed by atoms with Crippen molar-refractivity contribution in [3.8, 4) is 5.75 Å². The molecule has 0 N–H and O–H groups in total. The van der Waals surface area contributed by atoms with Crippen molar-refractivity contribution in [2.24, 2.45) is 0 Å². The second kappa shape index (κ2) is 6.20. The van der Waals surface area contributed by atoms with Gasteiger partial charge in [0.1, 0.15) is 12.4 Å². The van der Waals surface area contributed by atoms with Gasteiger partial charge in [-0.05, 0) is 36.9 Å². The Balaban J connectivity index is 1.88. The van der Waals surface area contributed by atoms with E-state index in [9.17, 15) is 8.42 Å². The first kappa shape index (κ1) is 16.2. The molecule has 1 aliphatic rings. The number of hydrogen-bond acceptors (Lipinski definition) is 4. The van der Waals surface area contributed by atoms with Crippen LogP contribution in [0.3, 0.4) is 0 Å². The minimum Gasteiger partial charge on any atom is -0.492 e. The van der Waals surface area contributed by atoms with E-state index < -0.39 is 10.0 Å². The number of ether oxygens (including phenoxy) is 1. The normalized spacial score (nSPS) is 15.6. The van der Waals surface area contributed by atoms with Crippen molar-refractivity contribution in [3.05, 3.63) is 60.3 Å². The van der Waals surface area contributed by atoms with Crippen LogP contribution in [0.2, 0.25) is 0 Å². The van der Waals surface area contributed by atoms with Crippen LogP contribution in [0.4, 0.5) is 0 Å². The van der Waals surface area contributed by atoms with E-state index in [-0.39, 0.29) is 4.90 Å². The minimum atomic E-state index is -3.61.